The quantitative estimate of drug-likeness (QED) is 0.478. The third-order valence-corrected chi connectivity index (χ3v) is 7.54. The number of ether oxygens (including phenoxy) is 2. The van der Waals surface area contributed by atoms with E-state index in [9.17, 15) is 4.79 Å². The summed E-state index contributed by atoms with van der Waals surface area (Å²) in [4.78, 5) is 21.6. The van der Waals surface area contributed by atoms with Crippen molar-refractivity contribution in [2.24, 2.45) is 0 Å². The average Bonchev–Trinajstić information content (AvgIpc) is 2.81. The molecule has 176 valence electrons. The molecule has 1 saturated heterocycles. The minimum Gasteiger partial charge on any atom is -0.446 e. The van der Waals surface area contributed by atoms with Gasteiger partial charge in [0.05, 0.1) is 24.6 Å². The van der Waals surface area contributed by atoms with Crippen LogP contribution in [0.3, 0.4) is 0 Å². The molecule has 3 aromatic rings. The Hall–Kier alpha value is -3.39. The summed E-state index contributed by atoms with van der Waals surface area (Å²) in [6, 6.07) is 4.52. The molecule has 1 saturated carbocycles. The fourth-order valence-corrected chi connectivity index (χ4v) is 5.40. The van der Waals surface area contributed by atoms with E-state index in [1.807, 2.05) is 19.2 Å². The molecule has 2 fully saturated rings. The summed E-state index contributed by atoms with van der Waals surface area (Å²) < 4.78 is 10.8. The fourth-order valence-electron chi connectivity index (χ4n) is 5.40. The van der Waals surface area contributed by atoms with E-state index < -0.39 is 6.09 Å². The van der Waals surface area contributed by atoms with Crippen LogP contribution in [0.2, 0.25) is 0 Å². The smallest absolute Gasteiger partial charge is 0.413 e. The van der Waals surface area contributed by atoms with Crippen LogP contribution in [0.5, 0.6) is 0 Å². The zero-order valence-electron chi connectivity index (χ0n) is 19.5. The van der Waals surface area contributed by atoms with Crippen LogP contribution in [0, 0.1) is 13.8 Å². The van der Waals surface area contributed by atoms with Crippen molar-refractivity contribution in [1.82, 2.24) is 9.97 Å². The summed E-state index contributed by atoms with van der Waals surface area (Å²) >= 11 is 0. The number of nitrogens with zero attached hydrogens (tertiary/aromatic N) is 2. The number of fused-ring (bicyclic) bond motifs is 1. The van der Waals surface area contributed by atoms with E-state index in [0.29, 0.717) is 49.5 Å². The van der Waals surface area contributed by atoms with Gasteiger partial charge in [-0.15, -0.1) is 0 Å². The monoisotopic (exact) mass is 459 g/mol. The number of hydrogen-bond acceptors (Lipinski definition) is 7. The van der Waals surface area contributed by atoms with Gasteiger partial charge in [-0.3, -0.25) is 10.3 Å². The molecule has 0 unspecified atom stereocenters. The second-order valence-corrected chi connectivity index (χ2v) is 9.66. The highest BCUT2D eigenvalue weighted by atomic mass is 16.6. The molecule has 0 radical (unpaired) electrons. The summed E-state index contributed by atoms with van der Waals surface area (Å²) in [5.41, 5.74) is 13.9. The van der Waals surface area contributed by atoms with Gasteiger partial charge in [0.15, 0.2) is 0 Å². The summed E-state index contributed by atoms with van der Waals surface area (Å²) in [6.45, 7) is 5.41. The van der Waals surface area contributed by atoms with Gasteiger partial charge >= 0.3 is 6.09 Å². The van der Waals surface area contributed by atoms with Crippen molar-refractivity contribution in [3.05, 3.63) is 41.3 Å². The molecule has 2 aromatic heterocycles. The minimum absolute atomic E-state index is 0.127. The van der Waals surface area contributed by atoms with Gasteiger partial charge in [-0.05, 0) is 60.9 Å². The Morgan fingerprint density at radius 2 is 1.91 bits per heavy atom. The number of nitrogens with two attached hydrogens (primary N) is 1. The van der Waals surface area contributed by atoms with E-state index in [0.717, 1.165) is 27.5 Å². The fraction of sp³-hybridized carbons (Fsp3) is 0.423. The summed E-state index contributed by atoms with van der Waals surface area (Å²) in [6.07, 6.45) is 6.84. The average molecular weight is 460 g/mol. The molecule has 4 N–H and O–H groups in total. The SMILES string of the molecule is Cc1c(-c2cc3cc(NC(=O)OC4CCOCC4)ncc3c(N)c2C)cnc2c1NC1CC2C1. The molecule has 1 amide bonds. The lowest BCUT2D eigenvalue weighted by Crippen LogP contribution is -2.40. The number of pyridine rings is 2. The second kappa shape index (κ2) is 8.13. The van der Waals surface area contributed by atoms with Crippen molar-refractivity contribution in [3.8, 4) is 11.1 Å². The van der Waals surface area contributed by atoms with Gasteiger partial charge in [0, 0.05) is 53.8 Å². The van der Waals surface area contributed by atoms with E-state index in [1.165, 1.54) is 29.8 Å². The van der Waals surface area contributed by atoms with E-state index in [4.69, 9.17) is 20.2 Å². The lowest BCUT2D eigenvalue weighted by Gasteiger charge is -2.43. The van der Waals surface area contributed by atoms with Gasteiger partial charge in [0.2, 0.25) is 0 Å². The molecule has 1 aromatic carbocycles. The van der Waals surface area contributed by atoms with Crippen LogP contribution < -0.4 is 16.4 Å². The van der Waals surface area contributed by atoms with Gasteiger partial charge in [-0.1, -0.05) is 0 Å². The molecule has 2 bridgehead atoms. The van der Waals surface area contributed by atoms with Gasteiger partial charge in [-0.2, -0.15) is 0 Å². The van der Waals surface area contributed by atoms with Crippen molar-refractivity contribution in [2.45, 2.75) is 57.6 Å². The summed E-state index contributed by atoms with van der Waals surface area (Å²) in [5.74, 6) is 1.01. The second-order valence-electron chi connectivity index (χ2n) is 9.66. The molecule has 8 nitrogen and oxygen atoms in total. The highest BCUT2D eigenvalue weighted by Crippen LogP contribution is 2.48. The number of rotatable bonds is 3. The molecule has 8 heteroatoms. The van der Waals surface area contributed by atoms with Crippen molar-refractivity contribution >= 4 is 34.1 Å². The van der Waals surface area contributed by atoms with Gasteiger partial charge in [-0.25, -0.2) is 9.78 Å². The minimum atomic E-state index is -0.501. The molecule has 0 atom stereocenters. The highest BCUT2D eigenvalue weighted by Gasteiger charge is 2.39. The largest absolute Gasteiger partial charge is 0.446 e. The predicted octanol–water partition coefficient (Wildman–Crippen LogP) is 4.89. The van der Waals surface area contributed by atoms with Crippen LogP contribution in [0.15, 0.2) is 24.5 Å². The number of amides is 1. The summed E-state index contributed by atoms with van der Waals surface area (Å²) in [5, 5.41) is 8.19. The van der Waals surface area contributed by atoms with Crippen LogP contribution in [-0.2, 0) is 9.47 Å². The Morgan fingerprint density at radius 1 is 1.12 bits per heavy atom. The van der Waals surface area contributed by atoms with Crippen molar-refractivity contribution in [3.63, 3.8) is 0 Å². The molecule has 5 heterocycles. The van der Waals surface area contributed by atoms with Gasteiger partial charge in [0.25, 0.3) is 0 Å². The summed E-state index contributed by atoms with van der Waals surface area (Å²) in [7, 11) is 0. The number of benzene rings is 1. The first-order chi connectivity index (χ1) is 16.5. The van der Waals surface area contributed by atoms with Crippen LogP contribution in [-0.4, -0.2) is 41.4 Å². The highest BCUT2D eigenvalue weighted by molar-refractivity contribution is 6.01. The van der Waals surface area contributed by atoms with Crippen molar-refractivity contribution in [2.75, 3.05) is 29.6 Å². The Labute approximate surface area is 198 Å². The Balaban J connectivity index is 1.33. The van der Waals surface area contributed by atoms with E-state index in [1.54, 1.807) is 6.20 Å². The molecule has 34 heavy (non-hydrogen) atoms. The number of carbonyl (C=O) groups is 1. The third kappa shape index (κ3) is 3.53. The van der Waals surface area contributed by atoms with Gasteiger partial charge < -0.3 is 20.5 Å². The standard InChI is InChI=1S/C26H29N5O3/c1-13-19(20-11-29-25-16-7-17(8-16)30-24(25)14(20)2)9-15-10-22(28-12-21(15)23(13)27)31-26(32)34-18-3-5-33-6-4-18/h9-12,16-18,30H,3-8,27H2,1-2H3,(H,28,31,32). The van der Waals surface area contributed by atoms with Crippen LogP contribution in [0.1, 0.15) is 48.4 Å². The first-order valence-corrected chi connectivity index (χ1v) is 12.0. The Bertz CT molecular complexity index is 1300. The lowest BCUT2D eigenvalue weighted by molar-refractivity contribution is 0.00590. The maximum absolute atomic E-state index is 12.4. The number of anilines is 3. The number of aromatic nitrogens is 2. The van der Waals surface area contributed by atoms with Gasteiger partial charge in [0.1, 0.15) is 11.9 Å². The zero-order chi connectivity index (χ0) is 23.4. The Kier molecular flexibility index (Phi) is 5.06. The third-order valence-electron chi connectivity index (χ3n) is 7.54. The number of hydrogen-bond donors (Lipinski definition) is 3. The lowest BCUT2D eigenvalue weighted by atomic mass is 9.73. The topological polar surface area (TPSA) is 111 Å². The van der Waals surface area contributed by atoms with E-state index in [-0.39, 0.29) is 6.10 Å². The number of nitrogen functional groups attached to an aromatic ring is 1. The molecule has 3 aliphatic heterocycles. The maximum atomic E-state index is 12.4. The normalized spacial score (nSPS) is 21.4. The first-order valence-electron chi connectivity index (χ1n) is 12.0. The first kappa shape index (κ1) is 21.2. The van der Waals surface area contributed by atoms with Crippen molar-refractivity contribution in [1.29, 1.82) is 0 Å². The van der Waals surface area contributed by atoms with Crippen molar-refractivity contribution < 1.29 is 14.3 Å². The Morgan fingerprint density at radius 3 is 2.71 bits per heavy atom. The zero-order valence-corrected chi connectivity index (χ0v) is 19.5. The van der Waals surface area contributed by atoms with Crippen LogP contribution in [0.25, 0.3) is 21.9 Å². The number of nitrogens with one attached hydrogen (secondary N) is 2. The van der Waals surface area contributed by atoms with Crippen LogP contribution in [0.4, 0.5) is 22.0 Å². The molecular formula is C26H29N5O3. The maximum Gasteiger partial charge on any atom is 0.413 e. The molecular weight excluding hydrogens is 430 g/mol. The van der Waals surface area contributed by atoms with E-state index in [2.05, 4.69) is 28.6 Å². The number of carbonyl (C=O) groups excluding carboxylic acids is 1. The van der Waals surface area contributed by atoms with Crippen LogP contribution >= 0.6 is 0 Å². The molecule has 1 aliphatic carbocycles. The molecule has 0 spiro atoms. The molecule has 7 rings (SSSR count). The molecule has 4 aliphatic rings. The predicted molar refractivity (Wildman–Crippen MR) is 132 cm³/mol. The van der Waals surface area contributed by atoms with E-state index >= 15 is 0 Å².